The van der Waals surface area contributed by atoms with Crippen molar-refractivity contribution >= 4 is 35.0 Å². The third-order valence-corrected chi connectivity index (χ3v) is 2.26. The molecule has 0 radical (unpaired) electrons. The topological polar surface area (TPSA) is 38.3 Å². The lowest BCUT2D eigenvalue weighted by atomic mass is 10.3. The lowest BCUT2D eigenvalue weighted by molar-refractivity contribution is 0.161. The molecule has 15 heavy (non-hydrogen) atoms. The first-order valence-electron chi connectivity index (χ1n) is 4.53. The highest BCUT2D eigenvalue weighted by Crippen LogP contribution is 2.29. The number of anilines is 1. The van der Waals surface area contributed by atoms with Crippen LogP contribution in [0.5, 0.6) is 0 Å². The maximum absolute atomic E-state index is 11.2. The van der Waals surface area contributed by atoms with E-state index in [0.717, 1.165) is 6.42 Å². The van der Waals surface area contributed by atoms with Gasteiger partial charge in [-0.1, -0.05) is 36.2 Å². The molecule has 0 spiro atoms. The molecule has 0 unspecified atom stereocenters. The smallest absolute Gasteiger partial charge is 0.411 e. The van der Waals surface area contributed by atoms with Crippen LogP contribution in [0.3, 0.4) is 0 Å². The maximum atomic E-state index is 11.2. The Hall–Kier alpha value is -0.930. The van der Waals surface area contributed by atoms with E-state index >= 15 is 0 Å². The fourth-order valence-electron chi connectivity index (χ4n) is 0.950. The average molecular weight is 248 g/mol. The molecule has 3 nitrogen and oxygen atoms in total. The SMILES string of the molecule is CCCOC(=O)Nc1c(Cl)cccc1Cl. The largest absolute Gasteiger partial charge is 0.449 e. The van der Waals surface area contributed by atoms with Crippen LogP contribution in [-0.2, 0) is 4.74 Å². The molecule has 1 aromatic rings. The first kappa shape index (κ1) is 12.1. The molecular weight excluding hydrogens is 237 g/mol. The number of hydrogen-bond donors (Lipinski definition) is 1. The molecule has 1 aromatic carbocycles. The zero-order valence-electron chi connectivity index (χ0n) is 8.22. The van der Waals surface area contributed by atoms with Gasteiger partial charge in [0.05, 0.1) is 22.3 Å². The minimum Gasteiger partial charge on any atom is -0.449 e. The average Bonchev–Trinajstić information content (AvgIpc) is 2.21. The summed E-state index contributed by atoms with van der Waals surface area (Å²) in [6.07, 6.45) is 0.218. The summed E-state index contributed by atoms with van der Waals surface area (Å²) in [4.78, 5) is 11.2. The van der Waals surface area contributed by atoms with Crippen molar-refractivity contribution in [3.05, 3.63) is 28.2 Å². The summed E-state index contributed by atoms with van der Waals surface area (Å²) in [6, 6.07) is 4.99. The van der Waals surface area contributed by atoms with Gasteiger partial charge in [-0.3, -0.25) is 5.32 Å². The number of benzene rings is 1. The van der Waals surface area contributed by atoms with Crippen molar-refractivity contribution in [3.8, 4) is 0 Å². The second-order valence-electron chi connectivity index (χ2n) is 2.86. The molecule has 5 heteroatoms. The molecule has 0 saturated heterocycles. The van der Waals surface area contributed by atoms with Crippen LogP contribution in [0.2, 0.25) is 10.0 Å². The van der Waals surface area contributed by atoms with Gasteiger partial charge in [0.15, 0.2) is 0 Å². The predicted molar refractivity (Wildman–Crippen MR) is 61.7 cm³/mol. The first-order chi connectivity index (χ1) is 7.15. The Labute approximate surface area is 98.3 Å². The highest BCUT2D eigenvalue weighted by molar-refractivity contribution is 6.39. The Morgan fingerprint density at radius 3 is 2.53 bits per heavy atom. The van der Waals surface area contributed by atoms with Gasteiger partial charge in [-0.15, -0.1) is 0 Å². The Bertz CT molecular complexity index is 335. The lowest BCUT2D eigenvalue weighted by Crippen LogP contribution is -2.14. The summed E-state index contributed by atoms with van der Waals surface area (Å²) in [7, 11) is 0. The van der Waals surface area contributed by atoms with Crippen molar-refractivity contribution in [2.45, 2.75) is 13.3 Å². The minimum absolute atomic E-state index is 0.369. The van der Waals surface area contributed by atoms with Crippen molar-refractivity contribution < 1.29 is 9.53 Å². The Balaban J connectivity index is 2.68. The fourth-order valence-corrected chi connectivity index (χ4v) is 1.44. The van der Waals surface area contributed by atoms with Gasteiger partial charge in [-0.25, -0.2) is 4.79 Å². The Morgan fingerprint density at radius 1 is 1.40 bits per heavy atom. The monoisotopic (exact) mass is 247 g/mol. The summed E-state index contributed by atoms with van der Waals surface area (Å²) in [5.74, 6) is 0. The number of hydrogen-bond acceptors (Lipinski definition) is 2. The second-order valence-corrected chi connectivity index (χ2v) is 3.67. The molecule has 1 rings (SSSR count). The van der Waals surface area contributed by atoms with E-state index in [1.165, 1.54) is 0 Å². The molecule has 0 heterocycles. The summed E-state index contributed by atoms with van der Waals surface area (Å²) < 4.78 is 4.84. The molecule has 0 saturated carbocycles. The number of amides is 1. The van der Waals surface area contributed by atoms with Gasteiger partial charge >= 0.3 is 6.09 Å². The zero-order chi connectivity index (χ0) is 11.3. The standard InChI is InChI=1S/C10H11Cl2NO2/c1-2-6-15-10(14)13-9-7(11)4-3-5-8(9)12/h3-5H,2,6H2,1H3,(H,13,14). The third kappa shape index (κ3) is 3.61. The van der Waals surface area contributed by atoms with E-state index < -0.39 is 6.09 Å². The van der Waals surface area contributed by atoms with Gasteiger partial charge in [-0.2, -0.15) is 0 Å². The van der Waals surface area contributed by atoms with E-state index in [0.29, 0.717) is 22.3 Å². The van der Waals surface area contributed by atoms with Crippen molar-refractivity contribution in [1.82, 2.24) is 0 Å². The normalized spacial score (nSPS) is 9.80. The molecule has 0 atom stereocenters. The van der Waals surface area contributed by atoms with Crippen LogP contribution in [0.4, 0.5) is 10.5 Å². The van der Waals surface area contributed by atoms with Crippen LogP contribution in [0.1, 0.15) is 13.3 Å². The molecule has 0 aliphatic carbocycles. The Kier molecular flexibility index (Phi) is 4.72. The molecular formula is C10H11Cl2NO2. The fraction of sp³-hybridized carbons (Fsp3) is 0.300. The van der Waals surface area contributed by atoms with Crippen LogP contribution < -0.4 is 5.32 Å². The van der Waals surface area contributed by atoms with Crippen LogP contribution in [0.15, 0.2) is 18.2 Å². The molecule has 1 amide bonds. The number of nitrogens with one attached hydrogen (secondary N) is 1. The van der Waals surface area contributed by atoms with Crippen molar-refractivity contribution in [2.24, 2.45) is 0 Å². The number of carbonyl (C=O) groups is 1. The molecule has 0 aliphatic rings. The predicted octanol–water partition coefficient (Wildman–Crippen LogP) is 3.95. The van der Waals surface area contributed by atoms with Gasteiger partial charge in [0.25, 0.3) is 0 Å². The van der Waals surface area contributed by atoms with Gasteiger partial charge < -0.3 is 4.74 Å². The highest BCUT2D eigenvalue weighted by Gasteiger charge is 2.09. The zero-order valence-corrected chi connectivity index (χ0v) is 9.73. The van der Waals surface area contributed by atoms with E-state index in [1.807, 2.05) is 6.92 Å². The van der Waals surface area contributed by atoms with Crippen molar-refractivity contribution in [2.75, 3.05) is 11.9 Å². The molecule has 0 bridgehead atoms. The van der Waals surface area contributed by atoms with E-state index in [4.69, 9.17) is 27.9 Å². The van der Waals surface area contributed by atoms with Gasteiger partial charge in [0.1, 0.15) is 0 Å². The summed E-state index contributed by atoms with van der Waals surface area (Å²) in [5.41, 5.74) is 0.377. The van der Waals surface area contributed by atoms with Crippen LogP contribution in [-0.4, -0.2) is 12.7 Å². The molecule has 1 N–H and O–H groups in total. The molecule has 0 aromatic heterocycles. The van der Waals surface area contributed by atoms with Gasteiger partial charge in [-0.05, 0) is 18.6 Å². The highest BCUT2D eigenvalue weighted by atomic mass is 35.5. The maximum Gasteiger partial charge on any atom is 0.411 e. The van der Waals surface area contributed by atoms with E-state index in [2.05, 4.69) is 5.32 Å². The van der Waals surface area contributed by atoms with Crippen LogP contribution >= 0.6 is 23.2 Å². The van der Waals surface area contributed by atoms with E-state index in [9.17, 15) is 4.79 Å². The lowest BCUT2D eigenvalue weighted by Gasteiger charge is -2.08. The van der Waals surface area contributed by atoms with E-state index in [-0.39, 0.29) is 0 Å². The molecule has 82 valence electrons. The van der Waals surface area contributed by atoms with Crippen molar-refractivity contribution in [3.63, 3.8) is 0 Å². The number of para-hydroxylation sites is 1. The van der Waals surface area contributed by atoms with Gasteiger partial charge in [0.2, 0.25) is 0 Å². The first-order valence-corrected chi connectivity index (χ1v) is 5.28. The molecule has 0 fully saturated rings. The summed E-state index contributed by atoms with van der Waals surface area (Å²) in [5, 5.41) is 3.26. The molecule has 0 aliphatic heterocycles. The number of halogens is 2. The van der Waals surface area contributed by atoms with Crippen LogP contribution in [0, 0.1) is 0 Å². The summed E-state index contributed by atoms with van der Waals surface area (Å²) in [6.45, 7) is 2.28. The van der Waals surface area contributed by atoms with Crippen LogP contribution in [0.25, 0.3) is 0 Å². The quantitative estimate of drug-likeness (QED) is 0.879. The summed E-state index contributed by atoms with van der Waals surface area (Å²) >= 11 is 11.7. The second kappa shape index (κ2) is 5.83. The van der Waals surface area contributed by atoms with Crippen molar-refractivity contribution in [1.29, 1.82) is 0 Å². The number of carbonyl (C=O) groups excluding carboxylic acids is 1. The van der Waals surface area contributed by atoms with E-state index in [1.54, 1.807) is 18.2 Å². The Morgan fingerprint density at radius 2 is 2.00 bits per heavy atom. The number of rotatable bonds is 3. The minimum atomic E-state index is -0.549. The third-order valence-electron chi connectivity index (χ3n) is 1.63. The van der Waals surface area contributed by atoms with Gasteiger partial charge in [0, 0.05) is 0 Å². The number of ether oxygens (including phenoxy) is 1.